The molecule has 0 bridgehead atoms. The fourth-order valence-corrected chi connectivity index (χ4v) is 3.00. The lowest BCUT2D eigenvalue weighted by atomic mass is 10.1. The summed E-state index contributed by atoms with van der Waals surface area (Å²) in [6, 6.07) is 3.57. The second-order valence-corrected chi connectivity index (χ2v) is 6.14. The highest BCUT2D eigenvalue weighted by molar-refractivity contribution is 5.17. The lowest BCUT2D eigenvalue weighted by Gasteiger charge is -2.20. The number of nitrogens with one attached hydrogen (secondary N) is 1. The number of hydrogen-bond donors (Lipinski definition) is 1. The van der Waals surface area contributed by atoms with Crippen LogP contribution in [0, 0.1) is 5.92 Å². The third kappa shape index (κ3) is 2.78. The summed E-state index contributed by atoms with van der Waals surface area (Å²) < 4.78 is 5.68. The van der Waals surface area contributed by atoms with Crippen LogP contribution in [0.15, 0.2) is 16.7 Å². The Morgan fingerprint density at radius 2 is 2.22 bits per heavy atom. The van der Waals surface area contributed by atoms with Gasteiger partial charge >= 0.3 is 0 Å². The quantitative estimate of drug-likeness (QED) is 0.868. The Hall–Kier alpha value is -0.800. The van der Waals surface area contributed by atoms with Crippen LogP contribution < -0.4 is 5.32 Å². The third-order valence-corrected chi connectivity index (χ3v) is 4.26. The molecule has 1 saturated carbocycles. The van der Waals surface area contributed by atoms with E-state index in [1.807, 2.05) is 6.26 Å². The third-order valence-electron chi connectivity index (χ3n) is 4.26. The van der Waals surface area contributed by atoms with Gasteiger partial charge in [-0.05, 0) is 38.2 Å². The van der Waals surface area contributed by atoms with Crippen LogP contribution in [0.25, 0.3) is 0 Å². The van der Waals surface area contributed by atoms with Gasteiger partial charge in [0.05, 0.1) is 12.8 Å². The van der Waals surface area contributed by atoms with Crippen molar-refractivity contribution in [2.24, 2.45) is 5.92 Å². The molecule has 1 aliphatic heterocycles. The van der Waals surface area contributed by atoms with Gasteiger partial charge < -0.3 is 9.73 Å². The monoisotopic (exact) mass is 248 g/mol. The van der Waals surface area contributed by atoms with Gasteiger partial charge in [-0.15, -0.1) is 0 Å². The zero-order valence-corrected chi connectivity index (χ0v) is 11.5. The molecule has 3 rings (SSSR count). The van der Waals surface area contributed by atoms with Crippen LogP contribution in [-0.4, -0.2) is 23.5 Å². The molecule has 0 radical (unpaired) electrons. The molecule has 1 aromatic heterocycles. The Balaban J connectivity index is 1.59. The van der Waals surface area contributed by atoms with Crippen LogP contribution in [0.3, 0.4) is 0 Å². The molecule has 18 heavy (non-hydrogen) atoms. The summed E-state index contributed by atoms with van der Waals surface area (Å²) in [6.07, 6.45) is 5.83. The van der Waals surface area contributed by atoms with Gasteiger partial charge in [0.25, 0.3) is 0 Å². The van der Waals surface area contributed by atoms with Crippen molar-refractivity contribution < 1.29 is 4.42 Å². The SMILES string of the molecule is CC1CC(C)N(Cc2occc2CNC2CC2)C1. The molecule has 2 atom stereocenters. The summed E-state index contributed by atoms with van der Waals surface area (Å²) in [5.74, 6) is 1.98. The summed E-state index contributed by atoms with van der Waals surface area (Å²) >= 11 is 0. The molecule has 0 spiro atoms. The van der Waals surface area contributed by atoms with Crippen LogP contribution in [0.2, 0.25) is 0 Å². The highest BCUT2D eigenvalue weighted by Crippen LogP contribution is 2.26. The molecular weight excluding hydrogens is 224 g/mol. The molecule has 1 N–H and O–H groups in total. The number of furan rings is 1. The van der Waals surface area contributed by atoms with Crippen molar-refractivity contribution in [1.29, 1.82) is 0 Å². The first kappa shape index (κ1) is 12.2. The highest BCUT2D eigenvalue weighted by Gasteiger charge is 2.27. The zero-order chi connectivity index (χ0) is 12.5. The van der Waals surface area contributed by atoms with Crippen LogP contribution in [-0.2, 0) is 13.1 Å². The maximum atomic E-state index is 5.68. The maximum absolute atomic E-state index is 5.68. The molecule has 2 unspecified atom stereocenters. The zero-order valence-electron chi connectivity index (χ0n) is 11.5. The molecule has 2 fully saturated rings. The van der Waals surface area contributed by atoms with Gasteiger partial charge in [-0.1, -0.05) is 6.92 Å². The topological polar surface area (TPSA) is 28.4 Å². The van der Waals surface area contributed by atoms with Crippen LogP contribution in [0.4, 0.5) is 0 Å². The van der Waals surface area contributed by atoms with Gasteiger partial charge in [0.1, 0.15) is 5.76 Å². The Labute approximate surface area is 110 Å². The van der Waals surface area contributed by atoms with Crippen molar-refractivity contribution in [3.05, 3.63) is 23.7 Å². The van der Waals surface area contributed by atoms with Gasteiger partial charge in [-0.2, -0.15) is 0 Å². The summed E-state index contributed by atoms with van der Waals surface area (Å²) in [4.78, 5) is 2.55. The molecule has 3 nitrogen and oxygen atoms in total. The minimum absolute atomic E-state index is 0.689. The van der Waals surface area contributed by atoms with Crippen LogP contribution >= 0.6 is 0 Å². The van der Waals surface area contributed by atoms with E-state index in [0.717, 1.165) is 30.8 Å². The van der Waals surface area contributed by atoms with Crippen LogP contribution in [0.1, 0.15) is 44.4 Å². The molecule has 1 aliphatic carbocycles. The Kier molecular flexibility index (Phi) is 3.44. The van der Waals surface area contributed by atoms with Crippen LogP contribution in [0.5, 0.6) is 0 Å². The molecule has 100 valence electrons. The predicted molar refractivity (Wildman–Crippen MR) is 72.2 cm³/mol. The molecule has 0 aromatic carbocycles. The maximum Gasteiger partial charge on any atom is 0.122 e. The first-order valence-corrected chi connectivity index (χ1v) is 7.25. The molecule has 3 heteroatoms. The molecular formula is C15H24N2O. The normalized spacial score (nSPS) is 29.0. The lowest BCUT2D eigenvalue weighted by Crippen LogP contribution is -2.27. The highest BCUT2D eigenvalue weighted by atomic mass is 16.3. The lowest BCUT2D eigenvalue weighted by molar-refractivity contribution is 0.234. The number of rotatable bonds is 5. The average molecular weight is 248 g/mol. The van der Waals surface area contributed by atoms with E-state index in [0.29, 0.717) is 6.04 Å². The van der Waals surface area contributed by atoms with Gasteiger partial charge in [-0.3, -0.25) is 4.90 Å². The standard InChI is InChI=1S/C15H24N2O/c1-11-7-12(2)17(9-11)10-15-13(5-6-18-15)8-16-14-3-4-14/h5-6,11-12,14,16H,3-4,7-10H2,1-2H3. The average Bonchev–Trinajstić information content (AvgIpc) is 2.97. The number of nitrogens with zero attached hydrogens (tertiary/aromatic N) is 1. The summed E-state index contributed by atoms with van der Waals surface area (Å²) in [6.45, 7) is 7.81. The van der Waals surface area contributed by atoms with Gasteiger partial charge in [0, 0.05) is 30.7 Å². The van der Waals surface area contributed by atoms with E-state index in [1.54, 1.807) is 0 Å². The fraction of sp³-hybridized carbons (Fsp3) is 0.733. The van der Waals surface area contributed by atoms with E-state index in [1.165, 1.54) is 31.4 Å². The van der Waals surface area contributed by atoms with E-state index in [9.17, 15) is 0 Å². The Morgan fingerprint density at radius 1 is 1.39 bits per heavy atom. The first-order valence-electron chi connectivity index (χ1n) is 7.25. The molecule has 1 aromatic rings. The van der Waals surface area contributed by atoms with E-state index in [2.05, 4.69) is 30.1 Å². The van der Waals surface area contributed by atoms with E-state index in [4.69, 9.17) is 4.42 Å². The summed E-state index contributed by atoms with van der Waals surface area (Å²) in [7, 11) is 0. The van der Waals surface area contributed by atoms with Gasteiger partial charge in [0.2, 0.25) is 0 Å². The second-order valence-electron chi connectivity index (χ2n) is 6.14. The smallest absolute Gasteiger partial charge is 0.122 e. The number of likely N-dealkylation sites (tertiary alicyclic amines) is 1. The summed E-state index contributed by atoms with van der Waals surface area (Å²) in [5, 5.41) is 3.57. The van der Waals surface area contributed by atoms with E-state index in [-0.39, 0.29) is 0 Å². The Morgan fingerprint density at radius 3 is 2.89 bits per heavy atom. The predicted octanol–water partition coefficient (Wildman–Crippen LogP) is 2.76. The molecule has 0 amide bonds. The second kappa shape index (κ2) is 5.06. The van der Waals surface area contributed by atoms with E-state index < -0.39 is 0 Å². The fourth-order valence-electron chi connectivity index (χ4n) is 3.00. The van der Waals surface area contributed by atoms with Crippen molar-refractivity contribution in [2.75, 3.05) is 6.54 Å². The van der Waals surface area contributed by atoms with Crippen molar-refractivity contribution >= 4 is 0 Å². The van der Waals surface area contributed by atoms with Crippen molar-refractivity contribution in [2.45, 2.75) is 58.3 Å². The van der Waals surface area contributed by atoms with Gasteiger partial charge in [-0.25, -0.2) is 0 Å². The summed E-state index contributed by atoms with van der Waals surface area (Å²) in [5.41, 5.74) is 1.34. The van der Waals surface area contributed by atoms with E-state index >= 15 is 0 Å². The largest absolute Gasteiger partial charge is 0.468 e. The van der Waals surface area contributed by atoms with Crippen molar-refractivity contribution in [1.82, 2.24) is 10.2 Å². The first-order chi connectivity index (χ1) is 8.72. The molecule has 1 saturated heterocycles. The van der Waals surface area contributed by atoms with Crippen molar-refractivity contribution in [3.63, 3.8) is 0 Å². The molecule has 2 heterocycles. The van der Waals surface area contributed by atoms with Crippen molar-refractivity contribution in [3.8, 4) is 0 Å². The molecule has 2 aliphatic rings. The number of hydrogen-bond acceptors (Lipinski definition) is 3. The Bertz CT molecular complexity index is 397. The minimum atomic E-state index is 0.689. The van der Waals surface area contributed by atoms with Gasteiger partial charge in [0.15, 0.2) is 0 Å². The minimum Gasteiger partial charge on any atom is -0.468 e.